The van der Waals surface area contributed by atoms with Crippen molar-refractivity contribution in [2.75, 3.05) is 18.9 Å². The highest BCUT2D eigenvalue weighted by molar-refractivity contribution is 5.99. The van der Waals surface area contributed by atoms with E-state index in [1.54, 1.807) is 0 Å². The van der Waals surface area contributed by atoms with E-state index in [9.17, 15) is 4.79 Å². The number of carbonyl (C=O) groups excluding carboxylic acids is 1. The van der Waals surface area contributed by atoms with Crippen LogP contribution in [0, 0.1) is 12.8 Å². The lowest BCUT2D eigenvalue weighted by Crippen LogP contribution is -2.30. The van der Waals surface area contributed by atoms with Crippen LogP contribution in [0.25, 0.3) is 0 Å². The maximum atomic E-state index is 12.2. The van der Waals surface area contributed by atoms with Crippen LogP contribution >= 0.6 is 0 Å². The summed E-state index contributed by atoms with van der Waals surface area (Å²) >= 11 is 0. The molecule has 0 atom stereocenters. The summed E-state index contributed by atoms with van der Waals surface area (Å²) in [5.74, 6) is 0.705. The maximum absolute atomic E-state index is 12.2. The Labute approximate surface area is 115 Å². The number of carbonyl (C=O) groups is 1. The first-order chi connectivity index (χ1) is 9.20. The highest BCUT2D eigenvalue weighted by atomic mass is 16.1. The Balaban J connectivity index is 1.95. The van der Waals surface area contributed by atoms with Gasteiger partial charge in [-0.25, -0.2) is 0 Å². The van der Waals surface area contributed by atoms with E-state index in [2.05, 4.69) is 10.6 Å². The summed E-state index contributed by atoms with van der Waals surface area (Å²) in [6, 6.07) is 5.89. The number of benzene rings is 1. The molecule has 0 radical (unpaired) electrons. The molecule has 1 saturated carbocycles. The van der Waals surface area contributed by atoms with Crippen molar-refractivity contribution < 1.29 is 4.79 Å². The number of nitrogens with one attached hydrogen (secondary N) is 2. The van der Waals surface area contributed by atoms with E-state index in [4.69, 9.17) is 0 Å². The molecule has 0 saturated heterocycles. The molecule has 0 aliphatic heterocycles. The molecule has 19 heavy (non-hydrogen) atoms. The molecule has 0 bridgehead atoms. The molecule has 1 aromatic rings. The predicted molar refractivity (Wildman–Crippen MR) is 79.6 cm³/mol. The Bertz CT molecular complexity index is 436. The second kappa shape index (κ2) is 6.60. The van der Waals surface area contributed by atoms with Crippen LogP contribution in [0.4, 0.5) is 5.69 Å². The van der Waals surface area contributed by atoms with Crippen molar-refractivity contribution in [1.29, 1.82) is 0 Å². The van der Waals surface area contributed by atoms with Crippen LogP contribution in [0.15, 0.2) is 18.2 Å². The lowest BCUT2D eigenvalue weighted by molar-refractivity contribution is 0.0944. The number of amides is 1. The number of anilines is 1. The molecule has 1 amide bonds. The van der Waals surface area contributed by atoms with Crippen molar-refractivity contribution in [2.45, 2.75) is 39.0 Å². The number of aryl methyl sites for hydroxylation is 1. The Morgan fingerprint density at radius 3 is 2.68 bits per heavy atom. The highest BCUT2D eigenvalue weighted by Gasteiger charge is 2.16. The van der Waals surface area contributed by atoms with E-state index in [1.807, 2.05) is 32.2 Å². The molecule has 0 spiro atoms. The summed E-state index contributed by atoms with van der Waals surface area (Å²) in [6.45, 7) is 2.85. The summed E-state index contributed by atoms with van der Waals surface area (Å²) in [5, 5.41) is 6.18. The quantitative estimate of drug-likeness (QED) is 0.871. The normalized spacial score (nSPS) is 16.1. The molecule has 0 aromatic heterocycles. The van der Waals surface area contributed by atoms with Crippen molar-refractivity contribution in [1.82, 2.24) is 5.32 Å². The molecule has 1 aliphatic rings. The molecule has 2 rings (SSSR count). The van der Waals surface area contributed by atoms with Crippen molar-refractivity contribution in [2.24, 2.45) is 5.92 Å². The van der Waals surface area contributed by atoms with E-state index >= 15 is 0 Å². The first-order valence-corrected chi connectivity index (χ1v) is 7.27. The van der Waals surface area contributed by atoms with Gasteiger partial charge in [-0.15, -0.1) is 0 Å². The zero-order valence-electron chi connectivity index (χ0n) is 12.0. The average Bonchev–Trinajstić information content (AvgIpc) is 2.45. The fraction of sp³-hybridized carbons (Fsp3) is 0.562. The number of hydrogen-bond donors (Lipinski definition) is 2. The molecular formula is C16H24N2O. The Hall–Kier alpha value is -1.51. The summed E-state index contributed by atoms with van der Waals surface area (Å²) < 4.78 is 0. The zero-order valence-corrected chi connectivity index (χ0v) is 12.0. The van der Waals surface area contributed by atoms with Gasteiger partial charge in [0, 0.05) is 19.3 Å². The zero-order chi connectivity index (χ0) is 13.7. The van der Waals surface area contributed by atoms with E-state index in [1.165, 1.54) is 32.1 Å². The minimum atomic E-state index is 0.0370. The van der Waals surface area contributed by atoms with Gasteiger partial charge in [0.25, 0.3) is 5.91 Å². The second-order valence-electron chi connectivity index (χ2n) is 5.51. The predicted octanol–water partition coefficient (Wildman–Crippen LogP) is 3.35. The topological polar surface area (TPSA) is 41.1 Å². The first-order valence-electron chi connectivity index (χ1n) is 7.27. The summed E-state index contributed by atoms with van der Waals surface area (Å²) in [7, 11) is 1.85. The van der Waals surface area contributed by atoms with Crippen LogP contribution in [0.5, 0.6) is 0 Å². The van der Waals surface area contributed by atoms with Crippen molar-refractivity contribution in [3.05, 3.63) is 29.3 Å². The molecule has 2 N–H and O–H groups in total. The van der Waals surface area contributed by atoms with Gasteiger partial charge in [0.15, 0.2) is 0 Å². The van der Waals surface area contributed by atoms with Crippen LogP contribution in [-0.4, -0.2) is 19.5 Å². The van der Waals surface area contributed by atoms with Crippen LogP contribution < -0.4 is 10.6 Å². The fourth-order valence-electron chi connectivity index (χ4n) is 2.79. The van der Waals surface area contributed by atoms with E-state index < -0.39 is 0 Å². The van der Waals surface area contributed by atoms with Crippen LogP contribution in [0.1, 0.15) is 48.0 Å². The maximum Gasteiger partial charge on any atom is 0.253 e. The SMILES string of the molecule is CNc1cc(C)ccc1C(=O)NCC1CCCCC1. The van der Waals surface area contributed by atoms with Crippen molar-refractivity contribution >= 4 is 11.6 Å². The smallest absolute Gasteiger partial charge is 0.253 e. The number of rotatable bonds is 4. The van der Waals surface area contributed by atoms with Crippen LogP contribution in [0.3, 0.4) is 0 Å². The number of hydrogen-bond acceptors (Lipinski definition) is 2. The van der Waals surface area contributed by atoms with E-state index in [0.717, 1.165) is 23.4 Å². The molecule has 3 nitrogen and oxygen atoms in total. The van der Waals surface area contributed by atoms with E-state index in [0.29, 0.717) is 5.92 Å². The van der Waals surface area contributed by atoms with Gasteiger partial charge < -0.3 is 10.6 Å². The molecule has 3 heteroatoms. The van der Waals surface area contributed by atoms with Crippen molar-refractivity contribution in [3.8, 4) is 0 Å². The monoisotopic (exact) mass is 260 g/mol. The fourth-order valence-corrected chi connectivity index (χ4v) is 2.79. The van der Waals surface area contributed by atoms with Gasteiger partial charge in [-0.1, -0.05) is 25.3 Å². The van der Waals surface area contributed by atoms with Crippen LogP contribution in [-0.2, 0) is 0 Å². The summed E-state index contributed by atoms with van der Waals surface area (Å²) in [5.41, 5.74) is 2.80. The molecule has 0 unspecified atom stereocenters. The standard InChI is InChI=1S/C16H24N2O/c1-12-8-9-14(15(10-12)17-2)16(19)18-11-13-6-4-3-5-7-13/h8-10,13,17H,3-7,11H2,1-2H3,(H,18,19). The second-order valence-corrected chi connectivity index (χ2v) is 5.51. The Kier molecular flexibility index (Phi) is 4.83. The molecule has 104 valence electrons. The summed E-state index contributed by atoms with van der Waals surface area (Å²) in [6.07, 6.45) is 6.49. The van der Waals surface area contributed by atoms with E-state index in [-0.39, 0.29) is 5.91 Å². The highest BCUT2D eigenvalue weighted by Crippen LogP contribution is 2.23. The van der Waals surface area contributed by atoms with Gasteiger partial charge in [0.05, 0.1) is 5.56 Å². The minimum absolute atomic E-state index is 0.0370. The Morgan fingerprint density at radius 2 is 2.00 bits per heavy atom. The molecule has 1 aliphatic carbocycles. The third-order valence-electron chi connectivity index (χ3n) is 3.97. The first kappa shape index (κ1) is 13.9. The van der Waals surface area contributed by atoms with Crippen LogP contribution in [0.2, 0.25) is 0 Å². The Morgan fingerprint density at radius 1 is 1.26 bits per heavy atom. The third kappa shape index (κ3) is 3.72. The van der Waals surface area contributed by atoms with Gasteiger partial charge >= 0.3 is 0 Å². The van der Waals surface area contributed by atoms with Gasteiger partial charge in [-0.3, -0.25) is 4.79 Å². The molecule has 1 fully saturated rings. The average molecular weight is 260 g/mol. The van der Waals surface area contributed by atoms with Gasteiger partial charge in [-0.2, -0.15) is 0 Å². The molecule has 1 aromatic carbocycles. The largest absolute Gasteiger partial charge is 0.387 e. The lowest BCUT2D eigenvalue weighted by atomic mass is 9.89. The van der Waals surface area contributed by atoms with Gasteiger partial charge in [-0.05, 0) is 43.4 Å². The minimum Gasteiger partial charge on any atom is -0.387 e. The third-order valence-corrected chi connectivity index (χ3v) is 3.97. The molecule has 0 heterocycles. The van der Waals surface area contributed by atoms with Gasteiger partial charge in [0.2, 0.25) is 0 Å². The van der Waals surface area contributed by atoms with Gasteiger partial charge in [0.1, 0.15) is 0 Å². The molecular weight excluding hydrogens is 236 g/mol. The lowest BCUT2D eigenvalue weighted by Gasteiger charge is -2.22. The van der Waals surface area contributed by atoms with Crippen molar-refractivity contribution in [3.63, 3.8) is 0 Å². The summed E-state index contributed by atoms with van der Waals surface area (Å²) in [4.78, 5) is 12.2.